The van der Waals surface area contributed by atoms with Crippen LogP contribution in [0.15, 0.2) is 41.5 Å². The molecule has 0 radical (unpaired) electrons. The van der Waals surface area contributed by atoms with Crippen molar-refractivity contribution in [1.29, 1.82) is 0 Å². The highest BCUT2D eigenvalue weighted by molar-refractivity contribution is 6.34. The first kappa shape index (κ1) is 23.0. The largest absolute Gasteiger partial charge is 0.477 e. The van der Waals surface area contributed by atoms with Crippen molar-refractivity contribution in [1.82, 2.24) is 9.55 Å². The minimum absolute atomic E-state index is 0.0363. The Hall–Kier alpha value is -2.81. The molecule has 2 aliphatic rings. The molecule has 2 aromatic heterocycles. The molecular weight excluding hydrogens is 479 g/mol. The van der Waals surface area contributed by atoms with Crippen molar-refractivity contribution in [3.05, 3.63) is 62.5 Å². The zero-order chi connectivity index (χ0) is 24.0. The number of carboxylic acids is 1. The number of nitrogens with zero attached hydrogens (tertiary/aromatic N) is 3. The van der Waals surface area contributed by atoms with E-state index in [1.54, 1.807) is 24.4 Å². The topological polar surface area (TPSA) is 111 Å². The van der Waals surface area contributed by atoms with Crippen LogP contribution in [-0.2, 0) is 0 Å². The van der Waals surface area contributed by atoms with Gasteiger partial charge in [-0.05, 0) is 49.9 Å². The number of carboxylic acid groups (broad SMARTS) is 1. The summed E-state index contributed by atoms with van der Waals surface area (Å²) in [6.45, 7) is 1.16. The van der Waals surface area contributed by atoms with Crippen LogP contribution in [0, 0.1) is 0 Å². The minimum Gasteiger partial charge on any atom is -0.477 e. The smallest absolute Gasteiger partial charge is 0.341 e. The van der Waals surface area contributed by atoms with E-state index in [4.69, 9.17) is 33.7 Å². The lowest BCUT2D eigenvalue weighted by Crippen LogP contribution is -2.38. The molecule has 1 saturated carbocycles. The van der Waals surface area contributed by atoms with Crippen LogP contribution in [0.25, 0.3) is 10.9 Å². The second kappa shape index (κ2) is 9.09. The van der Waals surface area contributed by atoms with Crippen LogP contribution in [0.5, 0.6) is 5.88 Å². The van der Waals surface area contributed by atoms with Gasteiger partial charge in [0.05, 0.1) is 22.3 Å². The number of benzene rings is 1. The number of pyridine rings is 2. The van der Waals surface area contributed by atoms with Crippen molar-refractivity contribution >= 4 is 45.8 Å². The molecule has 5 rings (SSSR count). The molecule has 8 nitrogen and oxygen atoms in total. The van der Waals surface area contributed by atoms with E-state index >= 15 is 0 Å². The van der Waals surface area contributed by atoms with Crippen LogP contribution < -0.4 is 20.8 Å². The average molecular weight is 503 g/mol. The van der Waals surface area contributed by atoms with Gasteiger partial charge >= 0.3 is 5.97 Å². The summed E-state index contributed by atoms with van der Waals surface area (Å²) in [5, 5.41) is 10.7. The second-order valence-electron chi connectivity index (χ2n) is 8.88. The Morgan fingerprint density at radius 1 is 1.26 bits per heavy atom. The molecule has 34 heavy (non-hydrogen) atoms. The zero-order valence-electron chi connectivity index (χ0n) is 18.3. The lowest BCUT2D eigenvalue weighted by Gasteiger charge is -2.36. The molecule has 2 fully saturated rings. The molecule has 10 heteroatoms. The lowest BCUT2D eigenvalue weighted by molar-refractivity contribution is 0.0694. The van der Waals surface area contributed by atoms with Gasteiger partial charge in [0.1, 0.15) is 17.2 Å². The van der Waals surface area contributed by atoms with E-state index in [1.165, 1.54) is 6.20 Å². The SMILES string of the molecule is NC1CC(n2cc(C(=O)O)c(=O)c3cc(Cl)c(N4CCC[C@@H]4COc4ncccc4Cl)cc32)C1. The third-order valence-electron chi connectivity index (χ3n) is 6.70. The van der Waals surface area contributed by atoms with Gasteiger partial charge in [0, 0.05) is 36.4 Å². The van der Waals surface area contributed by atoms with Crippen LogP contribution >= 0.6 is 23.2 Å². The Bertz CT molecular complexity index is 1320. The molecule has 1 saturated heterocycles. The van der Waals surface area contributed by atoms with Crippen molar-refractivity contribution in [2.75, 3.05) is 18.1 Å². The lowest BCUT2D eigenvalue weighted by atomic mass is 9.87. The molecule has 0 unspecified atom stereocenters. The predicted molar refractivity (Wildman–Crippen MR) is 132 cm³/mol. The normalized spacial score (nSPS) is 22.1. The molecule has 3 N–H and O–H groups in total. The monoisotopic (exact) mass is 502 g/mol. The summed E-state index contributed by atoms with van der Waals surface area (Å²) in [5.74, 6) is -0.869. The second-order valence-corrected chi connectivity index (χ2v) is 9.70. The van der Waals surface area contributed by atoms with Crippen molar-refractivity contribution in [3.8, 4) is 5.88 Å². The molecule has 3 aromatic rings. The van der Waals surface area contributed by atoms with E-state index in [2.05, 4.69) is 9.88 Å². The highest BCUT2D eigenvalue weighted by atomic mass is 35.5. The van der Waals surface area contributed by atoms with Crippen molar-refractivity contribution in [2.45, 2.75) is 43.8 Å². The average Bonchev–Trinajstić information content (AvgIpc) is 3.25. The third kappa shape index (κ3) is 4.10. The Morgan fingerprint density at radius 2 is 2.06 bits per heavy atom. The molecular formula is C24H24Cl2N4O4. The van der Waals surface area contributed by atoms with Crippen molar-refractivity contribution < 1.29 is 14.6 Å². The van der Waals surface area contributed by atoms with E-state index in [9.17, 15) is 14.7 Å². The van der Waals surface area contributed by atoms with Gasteiger partial charge in [0.25, 0.3) is 0 Å². The highest BCUT2D eigenvalue weighted by Crippen LogP contribution is 2.38. The Kier molecular flexibility index (Phi) is 6.14. The molecule has 3 heterocycles. The van der Waals surface area contributed by atoms with E-state index in [1.807, 2.05) is 10.6 Å². The van der Waals surface area contributed by atoms with E-state index in [-0.39, 0.29) is 23.7 Å². The molecule has 1 aliphatic heterocycles. The number of carbonyl (C=O) groups is 1. The van der Waals surface area contributed by atoms with E-state index < -0.39 is 11.4 Å². The molecule has 178 valence electrons. The fourth-order valence-electron chi connectivity index (χ4n) is 4.87. The minimum atomic E-state index is -1.26. The number of aromatic carboxylic acids is 1. The number of halogens is 2. The Labute approximate surface area is 205 Å². The maximum Gasteiger partial charge on any atom is 0.341 e. The summed E-state index contributed by atoms with van der Waals surface area (Å²) in [5.41, 5.74) is 6.63. The fourth-order valence-corrected chi connectivity index (χ4v) is 5.32. The number of fused-ring (bicyclic) bond motifs is 1. The van der Waals surface area contributed by atoms with Crippen LogP contribution in [-0.4, -0.2) is 45.9 Å². The highest BCUT2D eigenvalue weighted by Gasteiger charge is 2.31. The van der Waals surface area contributed by atoms with Crippen LogP contribution in [0.3, 0.4) is 0 Å². The number of nitrogens with two attached hydrogens (primary N) is 1. The van der Waals surface area contributed by atoms with Crippen LogP contribution in [0.1, 0.15) is 42.1 Å². The summed E-state index contributed by atoms with van der Waals surface area (Å²) in [6.07, 6.45) is 6.38. The summed E-state index contributed by atoms with van der Waals surface area (Å²) in [6, 6.07) is 7.10. The first-order chi connectivity index (χ1) is 16.3. The van der Waals surface area contributed by atoms with Gasteiger partial charge in [0.15, 0.2) is 0 Å². The molecule has 1 atom stereocenters. The predicted octanol–water partition coefficient (Wildman–Crippen LogP) is 4.11. The van der Waals surface area contributed by atoms with Crippen molar-refractivity contribution in [2.24, 2.45) is 5.73 Å². The number of hydrogen-bond acceptors (Lipinski definition) is 6. The number of aromatic nitrogens is 2. The van der Waals surface area contributed by atoms with Gasteiger partial charge < -0.3 is 25.0 Å². The van der Waals surface area contributed by atoms with Gasteiger partial charge in [-0.1, -0.05) is 23.2 Å². The summed E-state index contributed by atoms with van der Waals surface area (Å²) < 4.78 is 7.77. The zero-order valence-corrected chi connectivity index (χ0v) is 19.8. The molecule has 1 aliphatic carbocycles. The first-order valence-electron chi connectivity index (χ1n) is 11.2. The maximum absolute atomic E-state index is 12.9. The maximum atomic E-state index is 12.9. The molecule has 0 spiro atoms. The fraction of sp³-hybridized carbons (Fsp3) is 0.375. The number of hydrogen-bond donors (Lipinski definition) is 2. The Morgan fingerprint density at radius 3 is 2.76 bits per heavy atom. The summed E-state index contributed by atoms with van der Waals surface area (Å²) >= 11 is 12.8. The third-order valence-corrected chi connectivity index (χ3v) is 7.29. The number of anilines is 1. The van der Waals surface area contributed by atoms with Gasteiger partial charge in [-0.25, -0.2) is 9.78 Å². The quantitative estimate of drug-likeness (QED) is 0.521. The van der Waals surface area contributed by atoms with E-state index in [0.717, 1.165) is 37.9 Å². The van der Waals surface area contributed by atoms with E-state index in [0.29, 0.717) is 33.4 Å². The van der Waals surface area contributed by atoms with Gasteiger partial charge in [-0.2, -0.15) is 0 Å². The summed E-state index contributed by atoms with van der Waals surface area (Å²) in [4.78, 5) is 31.0. The van der Waals surface area contributed by atoms with Crippen LogP contribution in [0.2, 0.25) is 10.0 Å². The van der Waals surface area contributed by atoms with Crippen LogP contribution in [0.4, 0.5) is 5.69 Å². The molecule has 0 amide bonds. The summed E-state index contributed by atoms with van der Waals surface area (Å²) in [7, 11) is 0. The van der Waals surface area contributed by atoms with Gasteiger partial charge in [-0.15, -0.1) is 0 Å². The van der Waals surface area contributed by atoms with Gasteiger partial charge in [-0.3, -0.25) is 4.79 Å². The number of ether oxygens (including phenoxy) is 1. The molecule has 0 bridgehead atoms. The standard InChI is InChI=1S/C24H24Cl2N4O4/c25-18-4-1-5-28-23(18)34-12-14-3-2-6-29(14)21-10-20-16(9-19(21)26)22(31)17(24(32)33)11-30(20)15-7-13(27)8-15/h1,4-5,9-11,13-15H,2-3,6-8,12,27H2,(H,32,33)/t13?,14-,15?/m1/s1. The first-order valence-corrected chi connectivity index (χ1v) is 12.0. The number of rotatable bonds is 6. The van der Waals surface area contributed by atoms with Gasteiger partial charge in [0.2, 0.25) is 11.3 Å². The van der Waals surface area contributed by atoms with Crippen molar-refractivity contribution in [3.63, 3.8) is 0 Å². The Balaban J connectivity index is 1.53. The molecule has 1 aromatic carbocycles.